The van der Waals surface area contributed by atoms with E-state index in [1.165, 1.54) is 4.79 Å². The highest BCUT2D eigenvalue weighted by molar-refractivity contribution is 5.80. The fraction of sp³-hybridized carbons (Fsp3) is 0. The number of aromatic nitrogens is 3. The minimum absolute atomic E-state index is 0.710. The predicted octanol–water partition coefficient (Wildman–Crippen LogP) is 1.16. The van der Waals surface area contributed by atoms with Gasteiger partial charge in [-0.15, -0.1) is 5.10 Å². The normalized spacial score (nSPS) is 10.7. The van der Waals surface area contributed by atoms with E-state index in [4.69, 9.17) is 11.7 Å². The van der Waals surface area contributed by atoms with Crippen molar-refractivity contribution in [3.05, 3.63) is 48.5 Å². The largest absolute Gasteiger partial charge is 0.321 e. The molecule has 3 rings (SSSR count). The molecule has 1 aromatic heterocycles. The Morgan fingerprint density at radius 3 is 2.56 bits per heavy atom. The molecular formula is C12H12N6. The Balaban J connectivity index is 2.04. The molecule has 0 aliphatic heterocycles. The maximum atomic E-state index is 6.06. The minimum atomic E-state index is 0.710. The van der Waals surface area contributed by atoms with E-state index >= 15 is 0 Å². The van der Waals surface area contributed by atoms with Crippen molar-refractivity contribution >= 4 is 22.4 Å². The van der Waals surface area contributed by atoms with Crippen LogP contribution in [0.2, 0.25) is 0 Å². The molecule has 4 N–H and O–H groups in total. The van der Waals surface area contributed by atoms with Gasteiger partial charge in [0.1, 0.15) is 11.0 Å². The van der Waals surface area contributed by atoms with Crippen LogP contribution in [0.15, 0.2) is 48.5 Å². The lowest BCUT2D eigenvalue weighted by atomic mass is 10.2. The van der Waals surface area contributed by atoms with Crippen LogP contribution in [0.5, 0.6) is 0 Å². The van der Waals surface area contributed by atoms with Crippen LogP contribution in [0.1, 0.15) is 0 Å². The Hall–Kier alpha value is -2.60. The highest BCUT2D eigenvalue weighted by atomic mass is 15.6. The maximum Gasteiger partial charge on any atom is 0.117 e. The van der Waals surface area contributed by atoms with Crippen LogP contribution in [0.3, 0.4) is 0 Å². The van der Waals surface area contributed by atoms with Gasteiger partial charge in [-0.25, -0.2) is 5.84 Å². The SMILES string of the molecule is NN(c1ccccc1)c1ccc2c(c1)nnn2N. The molecule has 0 aliphatic rings. The molecule has 6 heteroatoms. The molecule has 0 atom stereocenters. The van der Waals surface area contributed by atoms with Crippen molar-refractivity contribution in [1.29, 1.82) is 0 Å². The second-order valence-electron chi connectivity index (χ2n) is 3.91. The number of rotatable bonds is 2. The van der Waals surface area contributed by atoms with Crippen molar-refractivity contribution in [3.8, 4) is 0 Å². The molecule has 0 fully saturated rings. The van der Waals surface area contributed by atoms with E-state index in [-0.39, 0.29) is 0 Å². The van der Waals surface area contributed by atoms with Gasteiger partial charge >= 0.3 is 0 Å². The zero-order valence-electron chi connectivity index (χ0n) is 9.56. The molecular weight excluding hydrogens is 228 g/mol. The molecule has 0 saturated heterocycles. The third-order valence-electron chi connectivity index (χ3n) is 2.77. The summed E-state index contributed by atoms with van der Waals surface area (Å²) in [5, 5.41) is 9.31. The summed E-state index contributed by atoms with van der Waals surface area (Å²) in [6, 6.07) is 15.2. The molecule has 90 valence electrons. The predicted molar refractivity (Wildman–Crippen MR) is 70.4 cm³/mol. The Labute approximate surface area is 103 Å². The van der Waals surface area contributed by atoms with Gasteiger partial charge in [-0.2, -0.15) is 4.79 Å². The van der Waals surface area contributed by atoms with Gasteiger partial charge in [-0.3, -0.25) is 5.01 Å². The van der Waals surface area contributed by atoms with Gasteiger partial charge in [0.15, 0.2) is 0 Å². The smallest absolute Gasteiger partial charge is 0.117 e. The first kappa shape index (κ1) is 10.5. The summed E-state index contributed by atoms with van der Waals surface area (Å²) in [6.07, 6.45) is 0. The fourth-order valence-corrected chi connectivity index (χ4v) is 1.82. The molecule has 1 heterocycles. The molecule has 0 spiro atoms. The monoisotopic (exact) mass is 240 g/mol. The number of anilines is 2. The Morgan fingerprint density at radius 2 is 1.78 bits per heavy atom. The summed E-state index contributed by atoms with van der Waals surface area (Å²) >= 11 is 0. The zero-order chi connectivity index (χ0) is 12.5. The van der Waals surface area contributed by atoms with Crippen molar-refractivity contribution in [1.82, 2.24) is 15.1 Å². The van der Waals surface area contributed by atoms with Crippen LogP contribution in [-0.2, 0) is 0 Å². The van der Waals surface area contributed by atoms with Crippen molar-refractivity contribution in [3.63, 3.8) is 0 Å². The molecule has 0 saturated carbocycles. The van der Waals surface area contributed by atoms with Crippen LogP contribution in [0.25, 0.3) is 11.0 Å². The number of hydrogen-bond acceptors (Lipinski definition) is 5. The number of nitrogen functional groups attached to an aromatic ring is 1. The number of nitrogens with two attached hydrogens (primary N) is 2. The second kappa shape index (κ2) is 4.01. The van der Waals surface area contributed by atoms with Crippen LogP contribution in [0.4, 0.5) is 11.4 Å². The summed E-state index contributed by atoms with van der Waals surface area (Å²) in [6.45, 7) is 0. The van der Waals surface area contributed by atoms with E-state index in [1.54, 1.807) is 5.01 Å². The number of fused-ring (bicyclic) bond motifs is 1. The van der Waals surface area contributed by atoms with Crippen molar-refractivity contribution in [2.24, 2.45) is 5.84 Å². The summed E-state index contributed by atoms with van der Waals surface area (Å²) < 4.78 is 0. The van der Waals surface area contributed by atoms with E-state index in [0.29, 0.717) is 5.52 Å². The summed E-state index contributed by atoms with van der Waals surface area (Å²) in [5.41, 5.74) is 3.20. The first-order valence-electron chi connectivity index (χ1n) is 5.46. The topological polar surface area (TPSA) is 86.0 Å². The second-order valence-corrected chi connectivity index (χ2v) is 3.91. The van der Waals surface area contributed by atoms with Crippen LogP contribution < -0.4 is 16.7 Å². The lowest BCUT2D eigenvalue weighted by Crippen LogP contribution is -2.24. The van der Waals surface area contributed by atoms with Gasteiger partial charge in [0.25, 0.3) is 0 Å². The van der Waals surface area contributed by atoms with Gasteiger partial charge < -0.3 is 5.84 Å². The van der Waals surface area contributed by atoms with E-state index in [1.807, 2.05) is 48.5 Å². The van der Waals surface area contributed by atoms with Crippen LogP contribution >= 0.6 is 0 Å². The van der Waals surface area contributed by atoms with Gasteiger partial charge in [0, 0.05) is 0 Å². The number of benzene rings is 2. The first-order chi connectivity index (χ1) is 8.75. The molecule has 0 bridgehead atoms. The molecule has 18 heavy (non-hydrogen) atoms. The van der Waals surface area contributed by atoms with Gasteiger partial charge in [0.05, 0.1) is 11.4 Å². The summed E-state index contributed by atoms with van der Waals surface area (Å²) in [7, 11) is 0. The minimum Gasteiger partial charge on any atom is -0.321 e. The first-order valence-corrected chi connectivity index (χ1v) is 5.46. The zero-order valence-corrected chi connectivity index (χ0v) is 9.56. The standard InChI is InChI=1S/C12H12N6/c13-17(9-4-2-1-3-5-9)10-6-7-12-11(8-10)15-16-18(12)14/h1-8H,13-14H2. The highest BCUT2D eigenvalue weighted by Crippen LogP contribution is 2.24. The number of nitrogens with zero attached hydrogens (tertiary/aromatic N) is 4. The van der Waals surface area contributed by atoms with Gasteiger partial charge in [-0.05, 0) is 35.5 Å². The third-order valence-corrected chi connectivity index (χ3v) is 2.77. The lowest BCUT2D eigenvalue weighted by molar-refractivity contribution is 0.787. The van der Waals surface area contributed by atoms with E-state index in [0.717, 1.165) is 16.9 Å². The summed E-state index contributed by atoms with van der Waals surface area (Å²) in [5.74, 6) is 11.7. The Bertz CT molecular complexity index is 675. The maximum absolute atomic E-state index is 6.06. The Kier molecular flexibility index (Phi) is 2.35. The number of para-hydroxylation sites is 1. The lowest BCUT2D eigenvalue weighted by Gasteiger charge is -2.18. The van der Waals surface area contributed by atoms with Gasteiger partial charge in [-0.1, -0.05) is 18.2 Å². The molecule has 2 aromatic carbocycles. The third kappa shape index (κ3) is 1.64. The van der Waals surface area contributed by atoms with Crippen molar-refractivity contribution < 1.29 is 0 Å². The molecule has 0 amide bonds. The van der Waals surface area contributed by atoms with Crippen molar-refractivity contribution in [2.75, 3.05) is 10.9 Å². The molecule has 0 aliphatic carbocycles. The molecule has 0 radical (unpaired) electrons. The summed E-state index contributed by atoms with van der Waals surface area (Å²) in [4.78, 5) is 1.24. The van der Waals surface area contributed by atoms with Crippen LogP contribution in [0, 0.1) is 0 Å². The quantitative estimate of drug-likeness (QED) is 0.518. The van der Waals surface area contributed by atoms with Crippen molar-refractivity contribution in [2.45, 2.75) is 0 Å². The molecule has 6 nitrogen and oxygen atoms in total. The van der Waals surface area contributed by atoms with Crippen LogP contribution in [-0.4, -0.2) is 15.1 Å². The number of hydrogen-bond donors (Lipinski definition) is 2. The number of hydrazine groups is 1. The van der Waals surface area contributed by atoms with E-state index < -0.39 is 0 Å². The van der Waals surface area contributed by atoms with Gasteiger partial charge in [0.2, 0.25) is 0 Å². The highest BCUT2D eigenvalue weighted by Gasteiger charge is 2.08. The fourth-order valence-electron chi connectivity index (χ4n) is 1.82. The average Bonchev–Trinajstić information content (AvgIpc) is 2.80. The average molecular weight is 240 g/mol. The Morgan fingerprint density at radius 1 is 1.00 bits per heavy atom. The molecule has 3 aromatic rings. The van der Waals surface area contributed by atoms with E-state index in [2.05, 4.69) is 10.3 Å². The van der Waals surface area contributed by atoms with E-state index in [9.17, 15) is 0 Å². The molecule has 0 unspecified atom stereocenters.